The Kier molecular flexibility index (Phi) is 7.85. The summed E-state index contributed by atoms with van der Waals surface area (Å²) in [5.41, 5.74) is 2.09. The van der Waals surface area contributed by atoms with Gasteiger partial charge in [-0.25, -0.2) is 0 Å². The van der Waals surface area contributed by atoms with E-state index in [2.05, 4.69) is 17.3 Å². The molecule has 2 aliphatic rings. The largest absolute Gasteiger partial charge is 0.492 e. The Morgan fingerprint density at radius 3 is 2.81 bits per heavy atom. The van der Waals surface area contributed by atoms with Crippen molar-refractivity contribution in [2.24, 2.45) is 0 Å². The summed E-state index contributed by atoms with van der Waals surface area (Å²) in [6.45, 7) is 3.96. The predicted octanol–water partition coefficient (Wildman–Crippen LogP) is 3.15. The van der Waals surface area contributed by atoms with Crippen LogP contribution in [0.4, 0.5) is 0 Å². The normalized spacial score (nSPS) is 15.7. The zero-order chi connectivity index (χ0) is 22.2. The first kappa shape index (κ1) is 22.4. The molecular formula is C25H32N2O5. The van der Waals surface area contributed by atoms with Gasteiger partial charge in [0.15, 0.2) is 11.5 Å². The highest BCUT2D eigenvalue weighted by Gasteiger charge is 2.18. The van der Waals surface area contributed by atoms with E-state index in [1.807, 2.05) is 42.5 Å². The van der Waals surface area contributed by atoms with E-state index in [0.29, 0.717) is 32.0 Å². The molecule has 2 heterocycles. The van der Waals surface area contributed by atoms with Crippen LogP contribution in [0.5, 0.6) is 17.2 Å². The lowest BCUT2D eigenvalue weighted by Gasteiger charge is -2.31. The summed E-state index contributed by atoms with van der Waals surface area (Å²) in [4.78, 5) is 14.6. The maximum atomic E-state index is 12.3. The van der Waals surface area contributed by atoms with Crippen LogP contribution in [-0.2, 0) is 22.5 Å². The topological polar surface area (TPSA) is 69.3 Å². The Balaban J connectivity index is 1.17. The Hall–Kier alpha value is -2.77. The monoisotopic (exact) mass is 440 g/mol. The summed E-state index contributed by atoms with van der Waals surface area (Å²) in [5, 5.41) is 3.00. The number of likely N-dealkylation sites (N-methyl/N-ethyl adjacent to an activating group) is 1. The maximum Gasteiger partial charge on any atom is 0.231 e. The molecule has 2 aromatic carbocycles. The number of fused-ring (bicyclic) bond motifs is 1. The van der Waals surface area contributed by atoms with Crippen molar-refractivity contribution in [3.8, 4) is 17.2 Å². The minimum absolute atomic E-state index is 0.0204. The molecule has 32 heavy (non-hydrogen) atoms. The first-order valence-electron chi connectivity index (χ1n) is 11.3. The first-order chi connectivity index (χ1) is 15.7. The second-order valence-corrected chi connectivity index (χ2v) is 8.28. The molecule has 0 saturated carbocycles. The average Bonchev–Trinajstić information content (AvgIpc) is 3.30. The molecule has 0 aromatic heterocycles. The van der Waals surface area contributed by atoms with E-state index in [1.165, 1.54) is 0 Å². The van der Waals surface area contributed by atoms with Crippen LogP contribution in [0.15, 0.2) is 42.5 Å². The predicted molar refractivity (Wildman–Crippen MR) is 121 cm³/mol. The number of amides is 1. The third-order valence-corrected chi connectivity index (χ3v) is 5.99. The van der Waals surface area contributed by atoms with Gasteiger partial charge in [-0.05, 0) is 61.7 Å². The molecule has 0 spiro atoms. The molecule has 0 aliphatic carbocycles. The Morgan fingerprint density at radius 1 is 1.09 bits per heavy atom. The minimum atomic E-state index is 0.0204. The number of ether oxygens (including phenoxy) is 4. The van der Waals surface area contributed by atoms with Gasteiger partial charge in [0, 0.05) is 38.8 Å². The molecule has 7 nitrogen and oxygen atoms in total. The van der Waals surface area contributed by atoms with Gasteiger partial charge in [0.1, 0.15) is 12.4 Å². The van der Waals surface area contributed by atoms with E-state index < -0.39 is 0 Å². The summed E-state index contributed by atoms with van der Waals surface area (Å²) < 4.78 is 22.1. The quantitative estimate of drug-likeness (QED) is 0.612. The van der Waals surface area contributed by atoms with Gasteiger partial charge in [-0.1, -0.05) is 18.2 Å². The molecule has 4 rings (SSSR count). The lowest BCUT2D eigenvalue weighted by molar-refractivity contribution is -0.121. The number of nitrogens with zero attached hydrogens (tertiary/aromatic N) is 1. The molecule has 2 aromatic rings. The molecule has 1 fully saturated rings. The Labute approximate surface area is 189 Å². The molecular weight excluding hydrogens is 408 g/mol. The van der Waals surface area contributed by atoms with Crippen molar-refractivity contribution in [1.29, 1.82) is 0 Å². The third kappa shape index (κ3) is 6.37. The fourth-order valence-corrected chi connectivity index (χ4v) is 4.00. The highest BCUT2D eigenvalue weighted by atomic mass is 16.7. The van der Waals surface area contributed by atoms with Gasteiger partial charge in [-0.2, -0.15) is 0 Å². The van der Waals surface area contributed by atoms with E-state index >= 15 is 0 Å². The van der Waals surface area contributed by atoms with Crippen molar-refractivity contribution in [3.05, 3.63) is 53.6 Å². The van der Waals surface area contributed by atoms with E-state index in [0.717, 1.165) is 61.0 Å². The van der Waals surface area contributed by atoms with Crippen LogP contribution in [0.25, 0.3) is 0 Å². The highest BCUT2D eigenvalue weighted by molar-refractivity contribution is 5.76. The van der Waals surface area contributed by atoms with Crippen LogP contribution in [-0.4, -0.2) is 57.1 Å². The molecule has 1 amide bonds. The number of rotatable bonds is 10. The second kappa shape index (κ2) is 11.2. The van der Waals surface area contributed by atoms with Gasteiger partial charge < -0.3 is 24.3 Å². The van der Waals surface area contributed by atoms with Crippen molar-refractivity contribution in [2.45, 2.75) is 38.3 Å². The van der Waals surface area contributed by atoms with Crippen molar-refractivity contribution in [1.82, 2.24) is 10.2 Å². The number of benzene rings is 2. The standard InChI is InChI=1S/C25H32N2O5/c1-27(21-9-12-29-13-10-21)11-14-30-22-4-2-3-20(15-22)17-26-25(28)8-6-19-5-7-23-24(16-19)32-18-31-23/h2-5,7,15-16,21H,6,8-14,17-18H2,1H3,(H,26,28). The molecule has 0 atom stereocenters. The molecule has 0 unspecified atom stereocenters. The van der Waals surface area contributed by atoms with Crippen molar-refractivity contribution in [3.63, 3.8) is 0 Å². The minimum Gasteiger partial charge on any atom is -0.492 e. The van der Waals surface area contributed by atoms with E-state index in [-0.39, 0.29) is 12.7 Å². The van der Waals surface area contributed by atoms with Gasteiger partial charge in [-0.3, -0.25) is 9.69 Å². The van der Waals surface area contributed by atoms with E-state index in [1.54, 1.807) is 0 Å². The Morgan fingerprint density at radius 2 is 1.94 bits per heavy atom. The van der Waals surface area contributed by atoms with Gasteiger partial charge in [0.2, 0.25) is 12.7 Å². The van der Waals surface area contributed by atoms with E-state index in [9.17, 15) is 4.79 Å². The summed E-state index contributed by atoms with van der Waals surface area (Å²) in [6, 6.07) is 14.3. The summed E-state index contributed by atoms with van der Waals surface area (Å²) in [5.74, 6) is 2.36. The van der Waals surface area contributed by atoms with Gasteiger partial charge >= 0.3 is 0 Å². The van der Waals surface area contributed by atoms with Crippen molar-refractivity contribution < 1.29 is 23.7 Å². The molecule has 0 radical (unpaired) electrons. The zero-order valence-corrected chi connectivity index (χ0v) is 18.7. The zero-order valence-electron chi connectivity index (χ0n) is 18.7. The van der Waals surface area contributed by atoms with Crippen LogP contribution in [0.3, 0.4) is 0 Å². The van der Waals surface area contributed by atoms with Gasteiger partial charge in [-0.15, -0.1) is 0 Å². The fourth-order valence-electron chi connectivity index (χ4n) is 4.00. The van der Waals surface area contributed by atoms with Crippen LogP contribution in [0.2, 0.25) is 0 Å². The van der Waals surface area contributed by atoms with Crippen molar-refractivity contribution in [2.75, 3.05) is 40.2 Å². The maximum absolute atomic E-state index is 12.3. The number of hydrogen-bond acceptors (Lipinski definition) is 6. The number of carbonyl (C=O) groups excluding carboxylic acids is 1. The highest BCUT2D eigenvalue weighted by Crippen LogP contribution is 2.32. The fraction of sp³-hybridized carbons (Fsp3) is 0.480. The van der Waals surface area contributed by atoms with Gasteiger partial charge in [0.25, 0.3) is 0 Å². The molecule has 7 heteroatoms. The van der Waals surface area contributed by atoms with Crippen LogP contribution in [0, 0.1) is 0 Å². The van der Waals surface area contributed by atoms with Crippen LogP contribution >= 0.6 is 0 Å². The van der Waals surface area contributed by atoms with Crippen molar-refractivity contribution >= 4 is 5.91 Å². The summed E-state index contributed by atoms with van der Waals surface area (Å²) >= 11 is 0. The SMILES string of the molecule is CN(CCOc1cccc(CNC(=O)CCc2ccc3c(c2)OCO3)c1)C1CCOCC1. The molecule has 172 valence electrons. The number of carbonyl (C=O) groups is 1. The molecule has 1 N–H and O–H groups in total. The number of aryl methyl sites for hydroxylation is 1. The van der Waals surface area contributed by atoms with Gasteiger partial charge in [0.05, 0.1) is 0 Å². The van der Waals surface area contributed by atoms with Crippen LogP contribution < -0.4 is 19.5 Å². The number of nitrogens with one attached hydrogen (secondary N) is 1. The third-order valence-electron chi connectivity index (χ3n) is 5.99. The molecule has 2 aliphatic heterocycles. The Bertz CT molecular complexity index is 898. The van der Waals surface area contributed by atoms with Crippen LogP contribution in [0.1, 0.15) is 30.4 Å². The average molecular weight is 441 g/mol. The smallest absolute Gasteiger partial charge is 0.231 e. The lowest BCUT2D eigenvalue weighted by atomic mass is 10.1. The second-order valence-electron chi connectivity index (χ2n) is 8.28. The molecule has 0 bridgehead atoms. The first-order valence-corrected chi connectivity index (χ1v) is 11.3. The lowest BCUT2D eigenvalue weighted by Crippen LogP contribution is -2.38. The number of hydrogen-bond donors (Lipinski definition) is 1. The molecule has 1 saturated heterocycles. The van der Waals surface area contributed by atoms with E-state index in [4.69, 9.17) is 18.9 Å². The summed E-state index contributed by atoms with van der Waals surface area (Å²) in [6.07, 6.45) is 3.25. The summed E-state index contributed by atoms with van der Waals surface area (Å²) in [7, 11) is 2.15.